The van der Waals surface area contributed by atoms with E-state index in [1.54, 1.807) is 0 Å². The maximum absolute atomic E-state index is 5.48. The van der Waals surface area contributed by atoms with Crippen LogP contribution in [0.15, 0.2) is 47.0 Å². The summed E-state index contributed by atoms with van der Waals surface area (Å²) in [5.74, 6) is 1.67. The molecule has 1 saturated heterocycles. The molecule has 2 aliphatic heterocycles. The molecule has 152 valence electrons. The summed E-state index contributed by atoms with van der Waals surface area (Å²) in [6.07, 6.45) is 3.61. The van der Waals surface area contributed by atoms with E-state index in [0.29, 0.717) is 5.92 Å². The van der Waals surface area contributed by atoms with Crippen molar-refractivity contribution >= 4 is 22.5 Å². The molecule has 5 heteroatoms. The third-order valence-corrected chi connectivity index (χ3v) is 6.51. The molecule has 0 radical (unpaired) electrons. The number of nitrogens with zero attached hydrogens (tertiary/aromatic N) is 3. The molecule has 1 fully saturated rings. The highest BCUT2D eigenvalue weighted by molar-refractivity contribution is 5.88. The summed E-state index contributed by atoms with van der Waals surface area (Å²) in [4.78, 5) is 4.95. The van der Waals surface area contributed by atoms with Gasteiger partial charge in [-0.1, -0.05) is 36.3 Å². The van der Waals surface area contributed by atoms with Crippen LogP contribution in [-0.4, -0.2) is 49.3 Å². The average molecular weight is 391 g/mol. The summed E-state index contributed by atoms with van der Waals surface area (Å²) >= 11 is 0. The maximum Gasteiger partial charge on any atom is 0.180 e. The van der Waals surface area contributed by atoms with Crippen LogP contribution in [0.3, 0.4) is 0 Å². The molecule has 3 aromatic rings. The van der Waals surface area contributed by atoms with Crippen LogP contribution in [0.1, 0.15) is 36.8 Å². The van der Waals surface area contributed by atoms with E-state index in [-0.39, 0.29) is 0 Å². The number of benzene rings is 2. The second kappa shape index (κ2) is 8.07. The molecule has 0 saturated carbocycles. The van der Waals surface area contributed by atoms with E-state index in [0.717, 1.165) is 62.5 Å². The van der Waals surface area contributed by atoms with Gasteiger partial charge in [0.25, 0.3) is 0 Å². The Kier molecular flexibility index (Phi) is 5.15. The molecule has 0 spiro atoms. The van der Waals surface area contributed by atoms with Crippen molar-refractivity contribution in [1.82, 2.24) is 10.1 Å². The number of nitrogens with one attached hydrogen (secondary N) is 1. The lowest BCUT2D eigenvalue weighted by atomic mass is 9.90. The zero-order valence-electron chi connectivity index (χ0n) is 17.2. The predicted octanol–water partition coefficient (Wildman–Crippen LogP) is 4.50. The second-order valence-corrected chi connectivity index (χ2v) is 8.47. The van der Waals surface area contributed by atoms with Crippen molar-refractivity contribution in [2.24, 2.45) is 0 Å². The van der Waals surface area contributed by atoms with E-state index in [4.69, 9.17) is 4.52 Å². The molecule has 1 N–H and O–H groups in total. The van der Waals surface area contributed by atoms with Gasteiger partial charge in [0.15, 0.2) is 11.4 Å². The van der Waals surface area contributed by atoms with Crippen molar-refractivity contribution in [3.8, 4) is 0 Å². The number of hydrogen-bond acceptors (Lipinski definition) is 5. The van der Waals surface area contributed by atoms with Crippen molar-refractivity contribution in [2.45, 2.75) is 32.1 Å². The Morgan fingerprint density at radius 3 is 2.86 bits per heavy atom. The molecule has 0 amide bonds. The number of piperazine rings is 1. The molecule has 2 aliphatic rings. The van der Waals surface area contributed by atoms with Crippen LogP contribution in [-0.2, 0) is 6.42 Å². The SMILES string of the molecule is CC1CCNc2ccc(CCCN3CCN(c4noc5ccccc45)CC3)cc21. The fourth-order valence-corrected chi connectivity index (χ4v) is 4.71. The van der Waals surface area contributed by atoms with E-state index in [1.165, 1.54) is 29.7 Å². The summed E-state index contributed by atoms with van der Waals surface area (Å²) in [7, 11) is 0. The molecule has 29 heavy (non-hydrogen) atoms. The lowest BCUT2D eigenvalue weighted by molar-refractivity contribution is 0.254. The van der Waals surface area contributed by atoms with E-state index in [2.05, 4.69) is 57.5 Å². The fraction of sp³-hybridized carbons (Fsp3) is 0.458. The number of fused-ring (bicyclic) bond motifs is 2. The Hall–Kier alpha value is -2.53. The first-order valence-corrected chi connectivity index (χ1v) is 11.0. The van der Waals surface area contributed by atoms with Crippen molar-refractivity contribution in [1.29, 1.82) is 0 Å². The zero-order valence-corrected chi connectivity index (χ0v) is 17.2. The Morgan fingerprint density at radius 1 is 1.10 bits per heavy atom. The largest absolute Gasteiger partial charge is 0.385 e. The highest BCUT2D eigenvalue weighted by atomic mass is 16.5. The molecule has 0 bridgehead atoms. The number of para-hydroxylation sites is 1. The lowest BCUT2D eigenvalue weighted by Gasteiger charge is -2.34. The summed E-state index contributed by atoms with van der Waals surface area (Å²) in [5.41, 5.74) is 5.19. The highest BCUT2D eigenvalue weighted by Crippen LogP contribution is 2.32. The van der Waals surface area contributed by atoms with Crippen molar-refractivity contribution in [3.63, 3.8) is 0 Å². The van der Waals surface area contributed by atoms with Gasteiger partial charge in [-0.15, -0.1) is 0 Å². The van der Waals surface area contributed by atoms with Gasteiger partial charge in [-0.3, -0.25) is 4.90 Å². The number of anilines is 2. The first-order chi connectivity index (χ1) is 14.3. The third kappa shape index (κ3) is 3.84. The molecule has 1 unspecified atom stereocenters. The Balaban J connectivity index is 1.13. The van der Waals surface area contributed by atoms with Crippen LogP contribution in [0, 0.1) is 0 Å². The number of aryl methyl sites for hydroxylation is 1. The third-order valence-electron chi connectivity index (χ3n) is 6.51. The minimum absolute atomic E-state index is 0.673. The molecule has 1 atom stereocenters. The first kappa shape index (κ1) is 18.5. The van der Waals surface area contributed by atoms with Crippen LogP contribution >= 0.6 is 0 Å². The molecular weight excluding hydrogens is 360 g/mol. The molecule has 1 aromatic heterocycles. The topological polar surface area (TPSA) is 44.5 Å². The van der Waals surface area contributed by atoms with E-state index in [1.807, 2.05) is 12.1 Å². The van der Waals surface area contributed by atoms with Gasteiger partial charge >= 0.3 is 0 Å². The zero-order chi connectivity index (χ0) is 19.6. The predicted molar refractivity (Wildman–Crippen MR) is 119 cm³/mol. The lowest BCUT2D eigenvalue weighted by Crippen LogP contribution is -2.46. The van der Waals surface area contributed by atoms with Gasteiger partial charge < -0.3 is 14.7 Å². The Morgan fingerprint density at radius 2 is 1.97 bits per heavy atom. The van der Waals surface area contributed by atoms with Gasteiger partial charge in [-0.05, 0) is 61.1 Å². The van der Waals surface area contributed by atoms with E-state index < -0.39 is 0 Å². The molecular formula is C24H30N4O. The van der Waals surface area contributed by atoms with Crippen molar-refractivity contribution in [2.75, 3.05) is 49.5 Å². The monoisotopic (exact) mass is 390 g/mol. The normalized spacial score (nSPS) is 19.9. The molecule has 5 rings (SSSR count). The molecule has 3 heterocycles. The van der Waals surface area contributed by atoms with E-state index >= 15 is 0 Å². The first-order valence-electron chi connectivity index (χ1n) is 11.0. The van der Waals surface area contributed by atoms with Crippen LogP contribution in [0.4, 0.5) is 11.5 Å². The summed E-state index contributed by atoms with van der Waals surface area (Å²) in [6, 6.07) is 15.1. The minimum Gasteiger partial charge on any atom is -0.385 e. The van der Waals surface area contributed by atoms with Gasteiger partial charge in [-0.2, -0.15) is 0 Å². The number of rotatable bonds is 5. The van der Waals surface area contributed by atoms with Gasteiger partial charge in [0.05, 0.1) is 5.39 Å². The second-order valence-electron chi connectivity index (χ2n) is 8.47. The smallest absolute Gasteiger partial charge is 0.180 e. The van der Waals surface area contributed by atoms with Crippen molar-refractivity contribution < 1.29 is 4.52 Å². The summed E-state index contributed by atoms with van der Waals surface area (Å²) in [5, 5.41) is 8.97. The maximum atomic E-state index is 5.48. The van der Waals surface area contributed by atoms with Crippen LogP contribution in [0.2, 0.25) is 0 Å². The van der Waals surface area contributed by atoms with Gasteiger partial charge in [-0.25, -0.2) is 0 Å². The van der Waals surface area contributed by atoms with Gasteiger partial charge in [0.1, 0.15) is 0 Å². The quantitative estimate of drug-likeness (QED) is 0.695. The van der Waals surface area contributed by atoms with Crippen molar-refractivity contribution in [3.05, 3.63) is 53.6 Å². The minimum atomic E-state index is 0.673. The van der Waals surface area contributed by atoms with Crippen LogP contribution < -0.4 is 10.2 Å². The highest BCUT2D eigenvalue weighted by Gasteiger charge is 2.21. The molecule has 2 aromatic carbocycles. The van der Waals surface area contributed by atoms with Gasteiger partial charge in [0, 0.05) is 38.4 Å². The number of aromatic nitrogens is 1. The van der Waals surface area contributed by atoms with E-state index in [9.17, 15) is 0 Å². The fourth-order valence-electron chi connectivity index (χ4n) is 4.71. The average Bonchev–Trinajstić information content (AvgIpc) is 3.19. The van der Waals surface area contributed by atoms with Crippen LogP contribution in [0.5, 0.6) is 0 Å². The summed E-state index contributed by atoms with van der Waals surface area (Å²) < 4.78 is 5.48. The standard InChI is InChI=1S/C24H30N4O/c1-18-10-11-25-22-9-8-19(17-21(18)22)5-4-12-27-13-15-28(16-14-27)24-20-6-2-3-7-23(20)29-26-24/h2-3,6-9,17-18,25H,4-5,10-16H2,1H3. The van der Waals surface area contributed by atoms with Gasteiger partial charge in [0.2, 0.25) is 0 Å². The number of hydrogen-bond donors (Lipinski definition) is 1. The van der Waals surface area contributed by atoms with Crippen LogP contribution in [0.25, 0.3) is 11.0 Å². The summed E-state index contributed by atoms with van der Waals surface area (Å²) in [6.45, 7) is 8.82. The molecule has 0 aliphatic carbocycles. The Labute approximate surface area is 172 Å². The molecule has 5 nitrogen and oxygen atoms in total. The Bertz CT molecular complexity index is 974.